The number of nitrogens with zero attached hydrogens (tertiary/aromatic N) is 4. The van der Waals surface area contributed by atoms with E-state index in [9.17, 15) is 9.18 Å². The van der Waals surface area contributed by atoms with Crippen LogP contribution >= 0.6 is 11.3 Å². The molecule has 3 aromatic rings. The molecule has 0 radical (unpaired) electrons. The van der Waals surface area contributed by atoms with Gasteiger partial charge in [-0.2, -0.15) is 5.10 Å². The molecule has 154 valence electrons. The average molecular weight is 415 g/mol. The van der Waals surface area contributed by atoms with Gasteiger partial charge in [-0.3, -0.25) is 4.79 Å². The Morgan fingerprint density at radius 1 is 1.24 bits per heavy atom. The zero-order chi connectivity index (χ0) is 20.7. The van der Waals surface area contributed by atoms with Crippen molar-refractivity contribution in [1.29, 1.82) is 0 Å². The van der Waals surface area contributed by atoms with E-state index in [0.717, 1.165) is 52.4 Å². The molecule has 2 aromatic heterocycles. The maximum Gasteiger partial charge on any atom is 0.264 e. The van der Waals surface area contributed by atoms with Crippen LogP contribution in [0.3, 0.4) is 0 Å². The van der Waals surface area contributed by atoms with E-state index in [1.165, 1.54) is 23.5 Å². The average Bonchev–Trinajstić information content (AvgIpc) is 3.28. The third-order valence-corrected chi connectivity index (χ3v) is 7.02. The number of carbonyl (C=O) groups is 1. The third kappa shape index (κ3) is 3.81. The molecular formula is C22H27FN4OS. The molecule has 0 spiro atoms. The molecule has 1 aliphatic rings. The van der Waals surface area contributed by atoms with E-state index >= 15 is 0 Å². The largest absolute Gasteiger partial charge is 0.338 e. The summed E-state index contributed by atoms with van der Waals surface area (Å²) >= 11 is 1.45. The van der Waals surface area contributed by atoms with Gasteiger partial charge in [0, 0.05) is 37.6 Å². The summed E-state index contributed by atoms with van der Waals surface area (Å²) in [5.41, 5.74) is 1.66. The van der Waals surface area contributed by atoms with Crippen LogP contribution in [0.1, 0.15) is 42.1 Å². The van der Waals surface area contributed by atoms with Crippen LogP contribution in [-0.2, 0) is 0 Å². The molecule has 1 saturated heterocycles. The fraction of sp³-hybridized carbons (Fsp3) is 0.455. The second kappa shape index (κ2) is 7.88. The van der Waals surface area contributed by atoms with Crippen molar-refractivity contribution in [3.05, 3.63) is 46.7 Å². The number of likely N-dealkylation sites (tertiary alicyclic amines) is 1. The Labute approximate surface area is 174 Å². The highest BCUT2D eigenvalue weighted by molar-refractivity contribution is 7.20. The summed E-state index contributed by atoms with van der Waals surface area (Å²) in [4.78, 5) is 19.2. The Balaban J connectivity index is 1.57. The molecule has 0 atom stereocenters. The molecule has 5 nitrogen and oxygen atoms in total. The lowest BCUT2D eigenvalue weighted by molar-refractivity contribution is 0.0620. The maximum atomic E-state index is 13.3. The van der Waals surface area contributed by atoms with Gasteiger partial charge < -0.3 is 9.80 Å². The fourth-order valence-electron chi connectivity index (χ4n) is 4.04. The lowest BCUT2D eigenvalue weighted by Gasteiger charge is -2.38. The summed E-state index contributed by atoms with van der Waals surface area (Å²) < 4.78 is 15.1. The van der Waals surface area contributed by atoms with Gasteiger partial charge in [-0.1, -0.05) is 0 Å². The minimum atomic E-state index is -0.277. The first-order chi connectivity index (χ1) is 13.8. The number of aromatic nitrogens is 2. The van der Waals surface area contributed by atoms with Gasteiger partial charge in [0.05, 0.1) is 16.3 Å². The first kappa shape index (κ1) is 20.0. The summed E-state index contributed by atoms with van der Waals surface area (Å²) in [5.74, 6) is -0.208. The number of thiophene rings is 1. The molecule has 29 heavy (non-hydrogen) atoms. The number of aryl methyl sites for hydroxylation is 1. The molecule has 0 N–H and O–H groups in total. The number of piperidine rings is 1. The smallest absolute Gasteiger partial charge is 0.264 e. The number of fused-ring (bicyclic) bond motifs is 1. The van der Waals surface area contributed by atoms with Crippen LogP contribution in [0.4, 0.5) is 4.39 Å². The summed E-state index contributed by atoms with van der Waals surface area (Å²) in [5, 5.41) is 5.56. The van der Waals surface area contributed by atoms with Crippen LogP contribution in [0.15, 0.2) is 30.3 Å². The van der Waals surface area contributed by atoms with Gasteiger partial charge in [-0.15, -0.1) is 11.3 Å². The Hall–Kier alpha value is -2.25. The standard InChI is InChI=1S/C22H27FN4OS/c1-14(2)26-11-9-17(10-12-26)25(4)21(28)20-13-19-15(3)24-27(22(19)29-20)18-7-5-16(23)6-8-18/h5-8,13-14,17H,9-12H2,1-4H3. The minimum absolute atomic E-state index is 0.0688. The first-order valence-corrected chi connectivity index (χ1v) is 10.9. The van der Waals surface area contributed by atoms with E-state index in [1.54, 1.807) is 16.8 Å². The highest BCUT2D eigenvalue weighted by atomic mass is 32.1. The molecule has 0 bridgehead atoms. The molecule has 1 fully saturated rings. The van der Waals surface area contributed by atoms with Crippen LogP contribution < -0.4 is 0 Å². The van der Waals surface area contributed by atoms with Gasteiger partial charge in [0.1, 0.15) is 10.6 Å². The second-order valence-corrected chi connectivity index (χ2v) is 9.11. The van der Waals surface area contributed by atoms with Crippen molar-refractivity contribution < 1.29 is 9.18 Å². The molecule has 0 aliphatic carbocycles. The molecular weight excluding hydrogens is 387 g/mol. The molecule has 7 heteroatoms. The van der Waals surface area contributed by atoms with Crippen LogP contribution in [0.2, 0.25) is 0 Å². The van der Waals surface area contributed by atoms with Crippen molar-refractivity contribution >= 4 is 27.5 Å². The van der Waals surface area contributed by atoms with Gasteiger partial charge in [0.25, 0.3) is 5.91 Å². The van der Waals surface area contributed by atoms with Crippen molar-refractivity contribution in [2.45, 2.75) is 45.7 Å². The Morgan fingerprint density at radius 2 is 1.90 bits per heavy atom. The highest BCUT2D eigenvalue weighted by Gasteiger charge is 2.28. The lowest BCUT2D eigenvalue weighted by atomic mass is 10.0. The van der Waals surface area contributed by atoms with E-state index in [0.29, 0.717) is 6.04 Å². The predicted octanol–water partition coefficient (Wildman–Crippen LogP) is 4.48. The molecule has 3 heterocycles. The van der Waals surface area contributed by atoms with Crippen molar-refractivity contribution in [2.75, 3.05) is 20.1 Å². The number of hydrogen-bond acceptors (Lipinski definition) is 4. The Bertz CT molecular complexity index is 1020. The second-order valence-electron chi connectivity index (χ2n) is 8.08. The molecule has 1 aliphatic heterocycles. The van der Waals surface area contributed by atoms with Gasteiger partial charge in [-0.05, 0) is 63.9 Å². The summed E-state index contributed by atoms with van der Waals surface area (Å²) in [6.45, 7) is 8.45. The van der Waals surface area contributed by atoms with Crippen molar-refractivity contribution in [1.82, 2.24) is 19.6 Å². The molecule has 0 saturated carbocycles. The van der Waals surface area contributed by atoms with E-state index in [1.807, 2.05) is 24.9 Å². The summed E-state index contributed by atoms with van der Waals surface area (Å²) in [7, 11) is 1.92. The third-order valence-electron chi connectivity index (χ3n) is 5.92. The van der Waals surface area contributed by atoms with E-state index < -0.39 is 0 Å². The Morgan fingerprint density at radius 3 is 2.52 bits per heavy atom. The van der Waals surface area contributed by atoms with Gasteiger partial charge >= 0.3 is 0 Å². The predicted molar refractivity (Wildman–Crippen MR) is 115 cm³/mol. The van der Waals surface area contributed by atoms with E-state index in [-0.39, 0.29) is 17.8 Å². The first-order valence-electron chi connectivity index (χ1n) is 10.1. The van der Waals surface area contributed by atoms with Crippen molar-refractivity contribution in [3.63, 3.8) is 0 Å². The van der Waals surface area contributed by atoms with E-state index in [4.69, 9.17) is 0 Å². The number of amides is 1. The summed E-state index contributed by atoms with van der Waals surface area (Å²) in [6, 6.07) is 9.04. The molecule has 4 rings (SSSR count). The number of benzene rings is 1. The quantitative estimate of drug-likeness (QED) is 0.632. The van der Waals surface area contributed by atoms with Crippen LogP contribution in [0.5, 0.6) is 0 Å². The van der Waals surface area contributed by atoms with Gasteiger partial charge in [-0.25, -0.2) is 9.07 Å². The van der Waals surface area contributed by atoms with Crippen LogP contribution in [0.25, 0.3) is 15.9 Å². The van der Waals surface area contributed by atoms with E-state index in [2.05, 4.69) is 23.8 Å². The fourth-order valence-corrected chi connectivity index (χ4v) is 5.20. The topological polar surface area (TPSA) is 41.4 Å². The summed E-state index contributed by atoms with van der Waals surface area (Å²) in [6.07, 6.45) is 2.02. The Kier molecular flexibility index (Phi) is 5.44. The monoisotopic (exact) mass is 414 g/mol. The minimum Gasteiger partial charge on any atom is -0.338 e. The van der Waals surface area contributed by atoms with Crippen LogP contribution in [-0.4, -0.2) is 57.7 Å². The zero-order valence-electron chi connectivity index (χ0n) is 17.4. The lowest BCUT2D eigenvalue weighted by Crippen LogP contribution is -2.47. The van der Waals surface area contributed by atoms with Gasteiger partial charge in [0.15, 0.2) is 0 Å². The molecule has 1 amide bonds. The number of halogens is 1. The number of hydrogen-bond donors (Lipinski definition) is 0. The SMILES string of the molecule is Cc1nn(-c2ccc(F)cc2)c2sc(C(=O)N(C)C3CCN(C(C)C)CC3)cc12. The molecule has 1 aromatic carbocycles. The number of rotatable bonds is 4. The van der Waals surface area contributed by atoms with Crippen LogP contribution in [0, 0.1) is 12.7 Å². The number of carbonyl (C=O) groups excluding carboxylic acids is 1. The van der Waals surface area contributed by atoms with Crippen molar-refractivity contribution in [3.8, 4) is 5.69 Å². The van der Waals surface area contributed by atoms with Gasteiger partial charge in [0.2, 0.25) is 0 Å². The highest BCUT2D eigenvalue weighted by Crippen LogP contribution is 2.32. The molecule has 0 unspecified atom stereocenters. The zero-order valence-corrected chi connectivity index (χ0v) is 18.2. The maximum absolute atomic E-state index is 13.3. The van der Waals surface area contributed by atoms with Crippen molar-refractivity contribution in [2.24, 2.45) is 0 Å². The normalized spacial score (nSPS) is 16.1.